The summed E-state index contributed by atoms with van der Waals surface area (Å²) >= 11 is 0. The molecule has 0 saturated carbocycles. The van der Waals surface area contributed by atoms with Gasteiger partial charge in [-0.15, -0.1) is 0 Å². The predicted octanol–water partition coefficient (Wildman–Crippen LogP) is 2.79. The Bertz CT molecular complexity index is 1100. The molecule has 0 unspecified atom stereocenters. The van der Waals surface area contributed by atoms with E-state index in [1.54, 1.807) is 24.3 Å². The van der Waals surface area contributed by atoms with Gasteiger partial charge < -0.3 is 4.42 Å². The number of hydrogen-bond acceptors (Lipinski definition) is 5. The summed E-state index contributed by atoms with van der Waals surface area (Å²) in [6.07, 6.45) is 3.50. The fourth-order valence-corrected chi connectivity index (χ4v) is 3.36. The average molecular weight is 399 g/mol. The lowest BCUT2D eigenvalue weighted by Crippen LogP contribution is -2.27. The van der Waals surface area contributed by atoms with Crippen LogP contribution in [0.5, 0.6) is 0 Å². The van der Waals surface area contributed by atoms with Gasteiger partial charge in [-0.05, 0) is 43.2 Å². The Hall–Kier alpha value is -2.97. The van der Waals surface area contributed by atoms with Crippen LogP contribution in [0.3, 0.4) is 0 Å². The Labute approximate surface area is 163 Å². The first-order chi connectivity index (χ1) is 13.4. The van der Waals surface area contributed by atoms with Crippen LogP contribution in [-0.4, -0.2) is 24.7 Å². The minimum absolute atomic E-state index is 0.194. The van der Waals surface area contributed by atoms with E-state index < -0.39 is 10.0 Å². The molecule has 1 aromatic carbocycles. The number of rotatable bonds is 8. The summed E-state index contributed by atoms with van der Waals surface area (Å²) in [5.74, 6) is 0.565. The summed E-state index contributed by atoms with van der Waals surface area (Å²) in [6.45, 7) is 2.45. The van der Waals surface area contributed by atoms with E-state index in [0.717, 1.165) is 16.5 Å². The molecule has 2 aromatic heterocycles. The van der Waals surface area contributed by atoms with Crippen molar-refractivity contribution in [1.82, 2.24) is 14.5 Å². The molecule has 8 heteroatoms. The number of aromatic nitrogens is 2. The van der Waals surface area contributed by atoms with Crippen LogP contribution >= 0.6 is 0 Å². The first kappa shape index (κ1) is 19.8. The highest BCUT2D eigenvalue weighted by Crippen LogP contribution is 2.15. The fraction of sp³-hybridized carbons (Fsp3) is 0.200. The van der Waals surface area contributed by atoms with Gasteiger partial charge in [0.2, 0.25) is 10.0 Å². The monoisotopic (exact) mass is 399 g/mol. The number of aryl methyl sites for hydroxylation is 2. The van der Waals surface area contributed by atoms with Gasteiger partial charge in [0, 0.05) is 24.6 Å². The van der Waals surface area contributed by atoms with E-state index in [1.165, 1.54) is 17.0 Å². The number of nitrogens with zero attached hydrogens (tertiary/aromatic N) is 2. The molecular formula is C20H21N3O4S. The molecular weight excluding hydrogens is 378 g/mol. The summed E-state index contributed by atoms with van der Waals surface area (Å²) in [6, 6.07) is 14.0. The lowest BCUT2D eigenvalue weighted by Gasteiger charge is -2.06. The van der Waals surface area contributed by atoms with Crippen LogP contribution in [-0.2, 0) is 16.6 Å². The normalized spacial score (nSPS) is 11.9. The van der Waals surface area contributed by atoms with Crippen molar-refractivity contribution >= 4 is 16.1 Å². The molecule has 0 bridgehead atoms. The van der Waals surface area contributed by atoms with E-state index in [0.29, 0.717) is 17.9 Å². The highest BCUT2D eigenvalue weighted by atomic mass is 32.2. The smallest absolute Gasteiger partial charge is 0.266 e. The lowest BCUT2D eigenvalue weighted by atomic mass is 10.2. The number of benzene rings is 1. The largest absolute Gasteiger partial charge is 0.463 e. The van der Waals surface area contributed by atoms with E-state index >= 15 is 0 Å². The maximum Gasteiger partial charge on any atom is 0.266 e. The first-order valence-electron chi connectivity index (χ1n) is 8.79. The molecule has 1 N–H and O–H groups in total. The van der Waals surface area contributed by atoms with Crippen LogP contribution in [0.15, 0.2) is 69.4 Å². The average Bonchev–Trinajstić information content (AvgIpc) is 3.21. The standard InChI is InChI=1S/C20H21N3O4S/c1-16-5-7-17(8-6-16)11-15-28(25,26)21-12-3-13-23-20(24)10-9-18(22-23)19-4-2-14-27-19/h2,4-11,14-15,21H,3,12-13H2,1H3/b15-11+. The van der Waals surface area contributed by atoms with Crippen molar-refractivity contribution in [1.29, 1.82) is 0 Å². The number of nitrogens with one attached hydrogen (secondary N) is 1. The van der Waals surface area contributed by atoms with Gasteiger partial charge >= 0.3 is 0 Å². The van der Waals surface area contributed by atoms with Crippen LogP contribution in [0.1, 0.15) is 17.5 Å². The topological polar surface area (TPSA) is 94.2 Å². The minimum atomic E-state index is -3.55. The zero-order valence-electron chi connectivity index (χ0n) is 15.4. The summed E-state index contributed by atoms with van der Waals surface area (Å²) in [7, 11) is -3.55. The molecule has 3 aromatic rings. The van der Waals surface area contributed by atoms with E-state index in [-0.39, 0.29) is 18.6 Å². The molecule has 146 valence electrons. The molecule has 0 saturated heterocycles. The number of sulfonamides is 1. The van der Waals surface area contributed by atoms with E-state index in [1.807, 2.05) is 31.2 Å². The van der Waals surface area contributed by atoms with Gasteiger partial charge in [0.1, 0.15) is 5.69 Å². The molecule has 0 aliphatic heterocycles. The van der Waals surface area contributed by atoms with Gasteiger partial charge in [-0.1, -0.05) is 29.8 Å². The molecule has 28 heavy (non-hydrogen) atoms. The van der Waals surface area contributed by atoms with Crippen molar-refractivity contribution in [3.63, 3.8) is 0 Å². The second-order valence-electron chi connectivity index (χ2n) is 6.26. The summed E-state index contributed by atoms with van der Waals surface area (Å²) in [5, 5.41) is 5.39. The Morgan fingerprint density at radius 1 is 1.14 bits per heavy atom. The van der Waals surface area contributed by atoms with Gasteiger partial charge in [0.15, 0.2) is 5.76 Å². The molecule has 0 amide bonds. The van der Waals surface area contributed by atoms with Crippen molar-refractivity contribution < 1.29 is 12.8 Å². The molecule has 3 rings (SSSR count). The van der Waals surface area contributed by atoms with Crippen molar-refractivity contribution in [3.05, 3.63) is 81.7 Å². The van der Waals surface area contributed by atoms with Crippen LogP contribution < -0.4 is 10.3 Å². The SMILES string of the molecule is Cc1ccc(/C=C/S(=O)(=O)NCCCn2nc(-c3ccco3)ccc2=O)cc1. The first-order valence-corrected chi connectivity index (χ1v) is 10.3. The molecule has 2 heterocycles. The van der Waals surface area contributed by atoms with E-state index in [4.69, 9.17) is 4.42 Å². The van der Waals surface area contributed by atoms with Gasteiger partial charge in [-0.3, -0.25) is 4.79 Å². The molecule has 7 nitrogen and oxygen atoms in total. The third-order valence-corrected chi connectivity index (χ3v) is 5.11. The van der Waals surface area contributed by atoms with E-state index in [2.05, 4.69) is 9.82 Å². The van der Waals surface area contributed by atoms with E-state index in [9.17, 15) is 13.2 Å². The van der Waals surface area contributed by atoms with Gasteiger partial charge in [0.25, 0.3) is 5.56 Å². The van der Waals surface area contributed by atoms with Crippen molar-refractivity contribution in [3.8, 4) is 11.5 Å². The van der Waals surface area contributed by atoms with Crippen LogP contribution in [0.2, 0.25) is 0 Å². The molecule has 0 radical (unpaired) electrons. The van der Waals surface area contributed by atoms with Crippen LogP contribution in [0.4, 0.5) is 0 Å². The number of furan rings is 1. The molecule has 0 atom stereocenters. The van der Waals surface area contributed by atoms with Crippen molar-refractivity contribution in [2.45, 2.75) is 19.9 Å². The predicted molar refractivity (Wildman–Crippen MR) is 108 cm³/mol. The molecule has 0 aliphatic rings. The summed E-state index contributed by atoms with van der Waals surface area (Å²) in [5.41, 5.74) is 2.21. The maximum atomic E-state index is 12.1. The minimum Gasteiger partial charge on any atom is -0.463 e. The Morgan fingerprint density at radius 3 is 2.64 bits per heavy atom. The van der Waals surface area contributed by atoms with Crippen molar-refractivity contribution in [2.75, 3.05) is 6.54 Å². The van der Waals surface area contributed by atoms with Gasteiger partial charge in [-0.25, -0.2) is 17.8 Å². The summed E-state index contributed by atoms with van der Waals surface area (Å²) < 4.78 is 33.2. The third kappa shape index (κ3) is 5.51. The second kappa shape index (κ2) is 8.81. The molecule has 0 fully saturated rings. The van der Waals surface area contributed by atoms with Gasteiger partial charge in [-0.2, -0.15) is 5.10 Å². The molecule has 0 aliphatic carbocycles. The van der Waals surface area contributed by atoms with Crippen molar-refractivity contribution in [2.24, 2.45) is 0 Å². The Balaban J connectivity index is 1.54. The Morgan fingerprint density at radius 2 is 1.93 bits per heavy atom. The maximum absolute atomic E-state index is 12.1. The van der Waals surface area contributed by atoms with Gasteiger partial charge in [0.05, 0.1) is 6.26 Å². The second-order valence-corrected chi connectivity index (χ2v) is 7.91. The zero-order chi connectivity index (χ0) is 20.0. The van der Waals surface area contributed by atoms with Crippen LogP contribution in [0, 0.1) is 6.92 Å². The van der Waals surface area contributed by atoms with Crippen LogP contribution in [0.25, 0.3) is 17.5 Å². The molecule has 0 spiro atoms. The third-order valence-electron chi connectivity index (χ3n) is 4.01. The lowest BCUT2D eigenvalue weighted by molar-refractivity contribution is 0.531. The highest BCUT2D eigenvalue weighted by molar-refractivity contribution is 7.92. The summed E-state index contributed by atoms with van der Waals surface area (Å²) in [4.78, 5) is 11.9. The quantitative estimate of drug-likeness (QED) is 0.588. The Kier molecular flexibility index (Phi) is 6.23. The zero-order valence-corrected chi connectivity index (χ0v) is 16.2. The highest BCUT2D eigenvalue weighted by Gasteiger charge is 2.07. The number of hydrogen-bond donors (Lipinski definition) is 1. The fourth-order valence-electron chi connectivity index (χ4n) is 2.50.